The number of pyridine rings is 1. The minimum absolute atomic E-state index is 0.453. The second kappa shape index (κ2) is 5.69. The van der Waals surface area contributed by atoms with Crippen molar-refractivity contribution in [1.82, 2.24) is 15.2 Å². The van der Waals surface area contributed by atoms with Gasteiger partial charge in [-0.15, -0.1) is 0 Å². The topological polar surface area (TPSA) is 71.3 Å². The molecule has 0 radical (unpaired) electrons. The third kappa shape index (κ3) is 3.95. The normalized spacial score (nSPS) is 11.0. The Labute approximate surface area is 93.7 Å². The van der Waals surface area contributed by atoms with Crippen molar-refractivity contribution in [2.75, 3.05) is 14.1 Å². The van der Waals surface area contributed by atoms with E-state index in [2.05, 4.69) is 10.3 Å². The van der Waals surface area contributed by atoms with E-state index in [4.69, 9.17) is 0 Å². The van der Waals surface area contributed by atoms with Crippen molar-refractivity contribution in [1.29, 1.82) is 0 Å². The van der Waals surface area contributed by atoms with Gasteiger partial charge in [0.15, 0.2) is 5.82 Å². The van der Waals surface area contributed by atoms with Crippen LogP contribution < -0.4 is 5.32 Å². The molecule has 0 saturated carbocycles. The maximum atomic E-state index is 10.4. The maximum absolute atomic E-state index is 10.4. The van der Waals surface area contributed by atoms with Crippen molar-refractivity contribution in [3.8, 4) is 0 Å². The van der Waals surface area contributed by atoms with Crippen molar-refractivity contribution < 1.29 is 4.92 Å². The molecular formula is C10H14N4O2. The Morgan fingerprint density at radius 3 is 2.94 bits per heavy atom. The lowest BCUT2D eigenvalue weighted by molar-refractivity contribution is -0.404. The van der Waals surface area contributed by atoms with E-state index in [0.29, 0.717) is 12.4 Å². The predicted molar refractivity (Wildman–Crippen MR) is 59.8 cm³/mol. The number of aromatic nitrogens is 1. The van der Waals surface area contributed by atoms with Crippen LogP contribution in [0.25, 0.3) is 0 Å². The molecule has 0 spiro atoms. The molecule has 1 aromatic heterocycles. The molecule has 0 aliphatic heterocycles. The number of hydrogen-bond donors (Lipinski definition) is 1. The van der Waals surface area contributed by atoms with Crippen LogP contribution in [-0.2, 0) is 6.54 Å². The molecular weight excluding hydrogens is 208 g/mol. The first-order chi connectivity index (χ1) is 7.59. The molecule has 0 aliphatic rings. The molecule has 0 aromatic carbocycles. The van der Waals surface area contributed by atoms with Crippen molar-refractivity contribution in [2.24, 2.45) is 0 Å². The second-order valence-corrected chi connectivity index (χ2v) is 3.41. The number of hydrogen-bond acceptors (Lipinski definition) is 5. The van der Waals surface area contributed by atoms with E-state index in [1.807, 2.05) is 12.1 Å². The van der Waals surface area contributed by atoms with Gasteiger partial charge in [-0.3, -0.25) is 15.1 Å². The van der Waals surface area contributed by atoms with E-state index in [-0.39, 0.29) is 0 Å². The zero-order chi connectivity index (χ0) is 12.0. The monoisotopic (exact) mass is 222 g/mol. The van der Waals surface area contributed by atoms with Crippen LogP contribution in [0.4, 0.5) is 0 Å². The highest BCUT2D eigenvalue weighted by Crippen LogP contribution is 1.99. The van der Waals surface area contributed by atoms with Crippen LogP contribution in [-0.4, -0.2) is 28.9 Å². The van der Waals surface area contributed by atoms with E-state index < -0.39 is 4.92 Å². The van der Waals surface area contributed by atoms with Gasteiger partial charge in [0.2, 0.25) is 0 Å². The van der Waals surface area contributed by atoms with E-state index in [1.54, 1.807) is 31.4 Å². The Morgan fingerprint density at radius 1 is 1.69 bits per heavy atom. The zero-order valence-corrected chi connectivity index (χ0v) is 9.25. The number of nitrogens with one attached hydrogen (secondary N) is 1. The summed E-state index contributed by atoms with van der Waals surface area (Å²) in [6, 6.07) is 3.73. The van der Waals surface area contributed by atoms with E-state index in [1.165, 1.54) is 0 Å². The Kier molecular flexibility index (Phi) is 4.26. The Balaban J connectivity index is 2.61. The molecule has 1 heterocycles. The van der Waals surface area contributed by atoms with Gasteiger partial charge in [0.05, 0.1) is 4.92 Å². The van der Waals surface area contributed by atoms with Crippen molar-refractivity contribution in [2.45, 2.75) is 6.54 Å². The molecule has 6 nitrogen and oxygen atoms in total. The molecule has 0 aliphatic carbocycles. The van der Waals surface area contributed by atoms with Crippen LogP contribution in [0.2, 0.25) is 0 Å². The van der Waals surface area contributed by atoms with Crippen LogP contribution >= 0.6 is 0 Å². The molecule has 0 fully saturated rings. The van der Waals surface area contributed by atoms with Crippen LogP contribution in [0.1, 0.15) is 5.56 Å². The molecule has 1 rings (SSSR count). The lowest BCUT2D eigenvalue weighted by Gasteiger charge is -2.16. The standard InChI is InChI=1S/C10H14N4O2/c1-13(2)10(8-14(15)16)12-7-9-4-3-5-11-6-9/h3-6,8,12H,7H2,1-2H3/b10-8+. The van der Waals surface area contributed by atoms with Gasteiger partial charge >= 0.3 is 0 Å². The van der Waals surface area contributed by atoms with Crippen LogP contribution in [0.15, 0.2) is 36.5 Å². The van der Waals surface area contributed by atoms with Crippen LogP contribution in [0.3, 0.4) is 0 Å². The molecule has 1 N–H and O–H groups in total. The summed E-state index contributed by atoms with van der Waals surface area (Å²) in [5.41, 5.74) is 0.971. The fraction of sp³-hybridized carbons (Fsp3) is 0.300. The van der Waals surface area contributed by atoms with E-state index >= 15 is 0 Å². The summed E-state index contributed by atoms with van der Waals surface area (Å²) in [7, 11) is 3.48. The quantitative estimate of drug-likeness (QED) is 0.589. The summed E-state index contributed by atoms with van der Waals surface area (Å²) < 4.78 is 0. The summed E-state index contributed by atoms with van der Waals surface area (Å²) in [5.74, 6) is 0.453. The van der Waals surface area contributed by atoms with Crippen molar-refractivity contribution in [3.05, 3.63) is 52.2 Å². The van der Waals surface area contributed by atoms with Crippen LogP contribution in [0, 0.1) is 10.1 Å². The Morgan fingerprint density at radius 2 is 2.44 bits per heavy atom. The average molecular weight is 222 g/mol. The second-order valence-electron chi connectivity index (χ2n) is 3.41. The molecule has 16 heavy (non-hydrogen) atoms. The van der Waals surface area contributed by atoms with E-state index in [9.17, 15) is 10.1 Å². The molecule has 86 valence electrons. The van der Waals surface area contributed by atoms with Gasteiger partial charge in [0.25, 0.3) is 6.20 Å². The number of rotatable bonds is 5. The van der Waals surface area contributed by atoms with E-state index in [0.717, 1.165) is 11.8 Å². The minimum atomic E-state index is -0.481. The summed E-state index contributed by atoms with van der Waals surface area (Å²) >= 11 is 0. The Bertz CT molecular complexity index is 376. The number of nitrogens with zero attached hydrogens (tertiary/aromatic N) is 3. The fourth-order valence-corrected chi connectivity index (χ4v) is 1.11. The third-order valence-corrected chi connectivity index (χ3v) is 1.91. The fourth-order valence-electron chi connectivity index (χ4n) is 1.11. The summed E-state index contributed by atoms with van der Waals surface area (Å²) in [6.07, 6.45) is 4.34. The maximum Gasteiger partial charge on any atom is 0.274 e. The van der Waals surface area contributed by atoms with Crippen LogP contribution in [0.5, 0.6) is 0 Å². The lowest BCUT2D eigenvalue weighted by Crippen LogP contribution is -2.26. The van der Waals surface area contributed by atoms with Gasteiger partial charge in [-0.1, -0.05) is 6.07 Å². The number of nitro groups is 1. The van der Waals surface area contributed by atoms with Crippen molar-refractivity contribution >= 4 is 0 Å². The molecule has 0 bridgehead atoms. The first-order valence-corrected chi connectivity index (χ1v) is 4.75. The average Bonchev–Trinajstić information content (AvgIpc) is 2.25. The lowest BCUT2D eigenvalue weighted by atomic mass is 10.3. The minimum Gasteiger partial charge on any atom is -0.362 e. The summed E-state index contributed by atoms with van der Waals surface area (Å²) in [6.45, 7) is 0.506. The zero-order valence-electron chi connectivity index (χ0n) is 9.25. The first-order valence-electron chi connectivity index (χ1n) is 4.75. The molecule has 0 amide bonds. The molecule has 0 saturated heterocycles. The first kappa shape index (κ1) is 12.0. The largest absolute Gasteiger partial charge is 0.362 e. The van der Waals surface area contributed by atoms with Gasteiger partial charge in [-0.05, 0) is 11.6 Å². The molecule has 1 aromatic rings. The third-order valence-electron chi connectivity index (χ3n) is 1.91. The highest BCUT2D eigenvalue weighted by molar-refractivity contribution is 5.09. The van der Waals surface area contributed by atoms with Gasteiger partial charge in [0.1, 0.15) is 0 Å². The SMILES string of the molecule is CN(C)/C(=C/[N+](=O)[O-])NCc1cccnc1. The van der Waals surface area contributed by atoms with Crippen molar-refractivity contribution in [3.63, 3.8) is 0 Å². The molecule has 0 unspecified atom stereocenters. The summed E-state index contributed by atoms with van der Waals surface area (Å²) in [5, 5.41) is 13.3. The highest BCUT2D eigenvalue weighted by atomic mass is 16.6. The van der Waals surface area contributed by atoms with Gasteiger partial charge < -0.3 is 10.2 Å². The smallest absolute Gasteiger partial charge is 0.274 e. The summed E-state index contributed by atoms with van der Waals surface area (Å²) in [4.78, 5) is 15.5. The predicted octanol–water partition coefficient (Wildman–Crippen LogP) is 0.808. The molecule has 6 heteroatoms. The van der Waals surface area contributed by atoms with Gasteiger partial charge in [-0.2, -0.15) is 0 Å². The van der Waals surface area contributed by atoms with Gasteiger partial charge in [-0.25, -0.2) is 0 Å². The molecule has 0 atom stereocenters. The Hall–Kier alpha value is -2.11. The van der Waals surface area contributed by atoms with Gasteiger partial charge in [0, 0.05) is 33.0 Å². The highest BCUT2D eigenvalue weighted by Gasteiger charge is 2.04.